The Kier molecular flexibility index (Phi) is 7.67. The molecule has 1 aliphatic carbocycles. The second kappa shape index (κ2) is 10.9. The number of nitrogens with two attached hydrogens (primary N) is 1. The van der Waals surface area contributed by atoms with Crippen LogP contribution in [0.25, 0.3) is 0 Å². The molecule has 0 saturated heterocycles. The van der Waals surface area contributed by atoms with E-state index in [1.807, 2.05) is 72.8 Å². The maximum absolute atomic E-state index is 13.3. The number of carbonyl (C=O) groups excluding carboxylic acids is 2. The van der Waals surface area contributed by atoms with E-state index in [9.17, 15) is 9.59 Å². The van der Waals surface area contributed by atoms with Crippen LogP contribution in [0.4, 0.5) is 5.69 Å². The Labute approximate surface area is 208 Å². The van der Waals surface area contributed by atoms with Crippen LogP contribution in [0.2, 0.25) is 0 Å². The van der Waals surface area contributed by atoms with Crippen molar-refractivity contribution in [3.8, 4) is 0 Å². The van der Waals surface area contributed by atoms with Gasteiger partial charge in [0.1, 0.15) is 5.41 Å². The molecule has 0 spiro atoms. The number of anilines is 1. The predicted molar refractivity (Wildman–Crippen MR) is 141 cm³/mol. The maximum atomic E-state index is 13.3. The van der Waals surface area contributed by atoms with Gasteiger partial charge >= 0.3 is 0 Å². The van der Waals surface area contributed by atoms with Crippen LogP contribution in [-0.4, -0.2) is 36.3 Å². The van der Waals surface area contributed by atoms with Gasteiger partial charge in [0.05, 0.1) is 0 Å². The van der Waals surface area contributed by atoms with Gasteiger partial charge in [-0.3, -0.25) is 9.59 Å². The van der Waals surface area contributed by atoms with Crippen molar-refractivity contribution in [2.24, 2.45) is 11.7 Å². The van der Waals surface area contributed by atoms with Crippen LogP contribution in [0.5, 0.6) is 0 Å². The smallest absolute Gasteiger partial charge is 0.232 e. The molecule has 35 heavy (non-hydrogen) atoms. The first kappa shape index (κ1) is 24.7. The van der Waals surface area contributed by atoms with Crippen molar-refractivity contribution in [1.82, 2.24) is 4.90 Å². The monoisotopic (exact) mass is 469 g/mol. The van der Waals surface area contributed by atoms with E-state index >= 15 is 0 Å². The minimum atomic E-state index is -0.836. The SMILES string of the molecule is CC(=O)Nc1ccc(CCN(C)C2CCC(C(C(N)=O)(c3ccccc3)c3ccccc3)C2)cc1. The zero-order chi connectivity index (χ0) is 24.8. The van der Waals surface area contributed by atoms with Crippen molar-refractivity contribution in [3.63, 3.8) is 0 Å². The molecule has 1 aliphatic rings. The molecule has 3 aromatic carbocycles. The van der Waals surface area contributed by atoms with Crippen molar-refractivity contribution in [2.75, 3.05) is 18.9 Å². The number of carbonyl (C=O) groups is 2. The van der Waals surface area contributed by atoms with Crippen LogP contribution < -0.4 is 11.1 Å². The third-order valence-corrected chi connectivity index (χ3v) is 7.52. The Morgan fingerprint density at radius 1 is 0.914 bits per heavy atom. The first-order chi connectivity index (χ1) is 16.9. The fraction of sp³-hybridized carbons (Fsp3) is 0.333. The molecule has 5 heteroatoms. The van der Waals surface area contributed by atoms with Gasteiger partial charge in [-0.2, -0.15) is 0 Å². The van der Waals surface area contributed by atoms with Crippen LogP contribution in [0.3, 0.4) is 0 Å². The second-order valence-electron chi connectivity index (χ2n) is 9.68. The number of hydrogen-bond acceptors (Lipinski definition) is 3. The van der Waals surface area contributed by atoms with E-state index in [1.165, 1.54) is 12.5 Å². The lowest BCUT2D eigenvalue weighted by Gasteiger charge is -2.38. The second-order valence-corrected chi connectivity index (χ2v) is 9.68. The molecule has 2 atom stereocenters. The first-order valence-corrected chi connectivity index (χ1v) is 12.4. The van der Waals surface area contributed by atoms with E-state index in [4.69, 9.17) is 5.73 Å². The highest BCUT2D eigenvalue weighted by molar-refractivity contribution is 5.91. The predicted octanol–water partition coefficient (Wildman–Crippen LogP) is 4.76. The molecule has 3 aromatic rings. The van der Waals surface area contributed by atoms with Crippen LogP contribution in [-0.2, 0) is 21.4 Å². The van der Waals surface area contributed by atoms with E-state index in [-0.39, 0.29) is 17.7 Å². The normalized spacial score (nSPS) is 17.9. The van der Waals surface area contributed by atoms with Gasteiger partial charge in [0, 0.05) is 25.2 Å². The van der Waals surface area contributed by atoms with Gasteiger partial charge in [0.25, 0.3) is 0 Å². The van der Waals surface area contributed by atoms with E-state index in [0.717, 1.165) is 49.0 Å². The van der Waals surface area contributed by atoms with Crippen LogP contribution >= 0.6 is 0 Å². The molecule has 0 radical (unpaired) electrons. The summed E-state index contributed by atoms with van der Waals surface area (Å²) < 4.78 is 0. The highest BCUT2D eigenvalue weighted by atomic mass is 16.2. The van der Waals surface area contributed by atoms with Crippen molar-refractivity contribution in [3.05, 3.63) is 102 Å². The zero-order valence-corrected chi connectivity index (χ0v) is 20.6. The lowest BCUT2D eigenvalue weighted by Crippen LogP contribution is -2.48. The molecule has 5 nitrogen and oxygen atoms in total. The summed E-state index contributed by atoms with van der Waals surface area (Å²) in [4.78, 5) is 26.9. The fourth-order valence-corrected chi connectivity index (χ4v) is 5.72. The average molecular weight is 470 g/mol. The number of nitrogens with zero attached hydrogens (tertiary/aromatic N) is 1. The van der Waals surface area contributed by atoms with E-state index in [0.29, 0.717) is 6.04 Å². The first-order valence-electron chi connectivity index (χ1n) is 12.4. The maximum Gasteiger partial charge on any atom is 0.232 e. The lowest BCUT2D eigenvalue weighted by atomic mass is 9.64. The number of likely N-dealkylation sites (N-methyl/N-ethyl adjacent to an activating group) is 1. The van der Waals surface area contributed by atoms with Gasteiger partial charge in [-0.1, -0.05) is 72.8 Å². The molecular formula is C30H35N3O2. The van der Waals surface area contributed by atoms with Crippen LogP contribution in [0.15, 0.2) is 84.9 Å². The van der Waals surface area contributed by atoms with Crippen LogP contribution in [0.1, 0.15) is 42.9 Å². The van der Waals surface area contributed by atoms with Crippen molar-refractivity contribution in [2.45, 2.75) is 44.1 Å². The number of amides is 2. The van der Waals surface area contributed by atoms with Crippen molar-refractivity contribution in [1.29, 1.82) is 0 Å². The van der Waals surface area contributed by atoms with E-state index < -0.39 is 5.41 Å². The third-order valence-electron chi connectivity index (χ3n) is 7.52. The average Bonchev–Trinajstić information content (AvgIpc) is 3.35. The summed E-state index contributed by atoms with van der Waals surface area (Å²) in [5.41, 5.74) is 9.41. The van der Waals surface area contributed by atoms with E-state index in [2.05, 4.69) is 29.4 Å². The van der Waals surface area contributed by atoms with Crippen molar-refractivity contribution < 1.29 is 9.59 Å². The summed E-state index contributed by atoms with van der Waals surface area (Å²) in [5.74, 6) is -0.206. The molecule has 3 N–H and O–H groups in total. The van der Waals surface area contributed by atoms with Gasteiger partial charge < -0.3 is 16.0 Å². The fourth-order valence-electron chi connectivity index (χ4n) is 5.72. The molecule has 1 fully saturated rings. The Morgan fingerprint density at radius 3 is 2.00 bits per heavy atom. The molecule has 0 heterocycles. The molecular weight excluding hydrogens is 434 g/mol. The molecule has 1 saturated carbocycles. The van der Waals surface area contributed by atoms with Gasteiger partial charge in [-0.25, -0.2) is 0 Å². The zero-order valence-electron chi connectivity index (χ0n) is 20.6. The number of hydrogen-bond donors (Lipinski definition) is 2. The summed E-state index contributed by atoms with van der Waals surface area (Å²) in [5, 5.41) is 2.81. The number of rotatable bonds is 9. The molecule has 0 bridgehead atoms. The quantitative estimate of drug-likeness (QED) is 0.474. The highest BCUT2D eigenvalue weighted by Gasteiger charge is 2.50. The largest absolute Gasteiger partial charge is 0.369 e. The van der Waals surface area contributed by atoms with Gasteiger partial charge in [-0.05, 0) is 67.5 Å². The molecule has 4 rings (SSSR count). The minimum Gasteiger partial charge on any atom is -0.369 e. The highest BCUT2D eigenvalue weighted by Crippen LogP contribution is 2.47. The van der Waals surface area contributed by atoms with Gasteiger partial charge in [0.15, 0.2) is 0 Å². The van der Waals surface area contributed by atoms with Crippen LogP contribution in [0, 0.1) is 5.92 Å². The van der Waals surface area contributed by atoms with Crippen molar-refractivity contribution >= 4 is 17.5 Å². The lowest BCUT2D eigenvalue weighted by molar-refractivity contribution is -0.124. The summed E-state index contributed by atoms with van der Waals surface area (Å²) in [6, 6.07) is 28.5. The molecule has 0 aromatic heterocycles. The van der Waals surface area contributed by atoms with Gasteiger partial charge in [0.2, 0.25) is 11.8 Å². The summed E-state index contributed by atoms with van der Waals surface area (Å²) >= 11 is 0. The Hall–Kier alpha value is -3.44. The molecule has 2 amide bonds. The topological polar surface area (TPSA) is 75.4 Å². The summed E-state index contributed by atoms with van der Waals surface area (Å²) in [7, 11) is 2.18. The molecule has 182 valence electrons. The number of benzene rings is 3. The van der Waals surface area contributed by atoms with Gasteiger partial charge in [-0.15, -0.1) is 0 Å². The number of primary amides is 1. The standard InChI is InChI=1S/C30H35N3O2/c1-22(34)32-27-16-13-23(14-17-27)19-20-33(2)28-18-15-26(21-28)30(29(31)35,24-9-5-3-6-10-24)25-11-7-4-8-12-25/h3-14,16-17,26,28H,15,18-21H2,1-2H3,(H2,31,35)(H,32,34). The third kappa shape index (κ3) is 5.30. The summed E-state index contributed by atoms with van der Waals surface area (Å²) in [6.07, 6.45) is 3.84. The summed E-state index contributed by atoms with van der Waals surface area (Å²) in [6.45, 7) is 2.44. The number of nitrogens with one attached hydrogen (secondary N) is 1. The minimum absolute atomic E-state index is 0.0636. The Bertz CT molecular complexity index is 1090. The molecule has 0 aliphatic heterocycles. The molecule has 2 unspecified atom stereocenters. The Balaban J connectivity index is 1.50. The Morgan fingerprint density at radius 2 is 1.49 bits per heavy atom. The van der Waals surface area contributed by atoms with E-state index in [1.54, 1.807) is 0 Å².